The van der Waals surface area contributed by atoms with Gasteiger partial charge in [-0.25, -0.2) is 0 Å². The van der Waals surface area contributed by atoms with Crippen LogP contribution in [-0.2, 0) is 23.7 Å². The number of aliphatic hydroxyl groups is 8. The van der Waals surface area contributed by atoms with E-state index in [0.29, 0.717) is 0 Å². The van der Waals surface area contributed by atoms with Gasteiger partial charge >= 0.3 is 0 Å². The summed E-state index contributed by atoms with van der Waals surface area (Å²) in [6.45, 7) is 0.281. The zero-order valence-electron chi connectivity index (χ0n) is 27.0. The van der Waals surface area contributed by atoms with Crippen LogP contribution in [0, 0.1) is 0 Å². The maximum absolute atomic E-state index is 13.7. The van der Waals surface area contributed by atoms with Crippen LogP contribution in [0.15, 0.2) is 39.5 Å². The number of hydrogen-bond donors (Lipinski definition) is 12. The lowest BCUT2D eigenvalue weighted by Crippen LogP contribution is -2.63. The number of aromatic hydroxyl groups is 4. The van der Waals surface area contributed by atoms with Crippen LogP contribution < -0.4 is 10.2 Å². The normalized spacial score (nSPS) is 36.9. The first-order chi connectivity index (χ1) is 24.6. The van der Waals surface area contributed by atoms with Crippen molar-refractivity contribution >= 4 is 11.0 Å². The Morgan fingerprint density at radius 1 is 0.731 bits per heavy atom. The predicted molar refractivity (Wildman–Crippen MR) is 167 cm³/mol. The highest BCUT2D eigenvalue weighted by Crippen LogP contribution is 2.39. The van der Waals surface area contributed by atoms with Gasteiger partial charge in [0.15, 0.2) is 29.8 Å². The van der Waals surface area contributed by atoms with Crippen LogP contribution in [0.1, 0.15) is 6.92 Å². The second kappa shape index (κ2) is 14.9. The number of rotatable bonds is 8. The molecule has 0 unspecified atom stereocenters. The number of aliphatic hydroxyl groups excluding tert-OH is 8. The smallest absolute Gasteiger partial charge is 0.239 e. The van der Waals surface area contributed by atoms with Crippen LogP contribution in [0.4, 0.5) is 0 Å². The average Bonchev–Trinajstić information content (AvgIpc) is 3.10. The number of phenolic OH excluding ortho intramolecular Hbond substituents is 4. The van der Waals surface area contributed by atoms with Crippen LogP contribution in [-0.4, -0.2) is 161 Å². The minimum absolute atomic E-state index is 0.0637. The van der Waals surface area contributed by atoms with Crippen molar-refractivity contribution in [2.75, 3.05) is 13.2 Å². The molecule has 52 heavy (non-hydrogen) atoms. The van der Waals surface area contributed by atoms with E-state index in [1.54, 1.807) is 0 Å². The highest BCUT2D eigenvalue weighted by Gasteiger charge is 2.50. The molecule has 0 saturated carbocycles. The van der Waals surface area contributed by atoms with Crippen LogP contribution in [0.25, 0.3) is 22.3 Å². The quantitative estimate of drug-likeness (QED) is 0.101. The monoisotopic (exact) mass is 742 g/mol. The summed E-state index contributed by atoms with van der Waals surface area (Å²) in [6.07, 6.45) is -23.3. The van der Waals surface area contributed by atoms with Crippen LogP contribution in [0.5, 0.6) is 28.7 Å². The van der Waals surface area contributed by atoms with Crippen molar-refractivity contribution in [3.05, 3.63) is 40.6 Å². The van der Waals surface area contributed by atoms with E-state index in [2.05, 4.69) is 0 Å². The van der Waals surface area contributed by atoms with Gasteiger partial charge in [0, 0.05) is 17.7 Å². The Bertz CT molecular complexity index is 1800. The van der Waals surface area contributed by atoms with E-state index in [4.69, 9.17) is 32.8 Å². The Labute approximate surface area is 292 Å². The molecule has 3 aliphatic rings. The molecule has 3 aliphatic heterocycles. The van der Waals surface area contributed by atoms with Crippen molar-refractivity contribution in [3.8, 4) is 40.1 Å². The Balaban J connectivity index is 1.24. The lowest BCUT2D eigenvalue weighted by Gasteiger charge is -2.45. The largest absolute Gasteiger partial charge is 0.508 e. The van der Waals surface area contributed by atoms with E-state index >= 15 is 0 Å². The summed E-state index contributed by atoms with van der Waals surface area (Å²) in [5.74, 6) is -3.51. The average molecular weight is 743 g/mol. The summed E-state index contributed by atoms with van der Waals surface area (Å²) >= 11 is 0. The number of ether oxygens (including phenoxy) is 6. The molecule has 0 spiro atoms. The Morgan fingerprint density at radius 3 is 2.15 bits per heavy atom. The van der Waals surface area contributed by atoms with E-state index in [-0.39, 0.29) is 11.1 Å². The first kappa shape index (κ1) is 37.9. The molecule has 0 radical (unpaired) electrons. The van der Waals surface area contributed by atoms with Gasteiger partial charge in [0.25, 0.3) is 0 Å². The van der Waals surface area contributed by atoms with Gasteiger partial charge in [-0.1, -0.05) is 0 Å². The number of hydrogen-bond acceptors (Lipinski definition) is 20. The minimum atomic E-state index is -2.03. The maximum atomic E-state index is 13.7. The van der Waals surface area contributed by atoms with Crippen molar-refractivity contribution in [2.45, 2.75) is 92.9 Å². The topological polar surface area (TPSA) is 328 Å². The van der Waals surface area contributed by atoms with Gasteiger partial charge in [0.1, 0.15) is 83.5 Å². The fourth-order valence-corrected chi connectivity index (χ4v) is 6.04. The molecule has 3 fully saturated rings. The van der Waals surface area contributed by atoms with Gasteiger partial charge in [-0.05, 0) is 25.1 Å². The van der Waals surface area contributed by atoms with Crippen LogP contribution in [0.2, 0.25) is 0 Å². The molecule has 0 aliphatic carbocycles. The maximum Gasteiger partial charge on any atom is 0.239 e. The Kier molecular flexibility index (Phi) is 10.8. The number of fused-ring (bicyclic) bond motifs is 1. The van der Waals surface area contributed by atoms with Gasteiger partial charge in [-0.3, -0.25) is 4.79 Å². The van der Waals surface area contributed by atoms with E-state index < -0.39 is 145 Å². The summed E-state index contributed by atoms with van der Waals surface area (Å²) in [6, 6.07) is 5.15. The standard InChI is InChI=1S/C32H38O20/c1-9-19(38)28(51-30-24(43)20(39)15(37)7-46-30)26(45)31(48-9)47-8-17-21(40)23(42)25(44)32(50-17)52-29-22(41)18-14(36)5-11(33)6-16(18)49-27(29)10-2-3-12(34)13(35)4-10/h2-6,9,15,17,19-21,23-26,28,30-40,42-45H,7-8H2,1H3/t9-,15+,17+,19-,20-,21+,23-,24+,25+,26+,28+,30-,31+,32-/m0/s1. The van der Waals surface area contributed by atoms with E-state index in [0.717, 1.165) is 24.3 Å². The molecule has 3 aromatic rings. The highest BCUT2D eigenvalue weighted by atomic mass is 16.7. The molecule has 4 heterocycles. The molecule has 12 N–H and O–H groups in total. The molecular weight excluding hydrogens is 704 g/mol. The minimum Gasteiger partial charge on any atom is -0.508 e. The summed E-state index contributed by atoms with van der Waals surface area (Å²) < 4.78 is 39.1. The highest BCUT2D eigenvalue weighted by molar-refractivity contribution is 5.88. The summed E-state index contributed by atoms with van der Waals surface area (Å²) in [7, 11) is 0. The van der Waals surface area contributed by atoms with Gasteiger partial charge < -0.3 is 94.1 Å². The van der Waals surface area contributed by atoms with Crippen molar-refractivity contribution < 1.29 is 94.1 Å². The Hall–Kier alpha value is -3.87. The molecule has 0 bridgehead atoms. The van der Waals surface area contributed by atoms with Gasteiger partial charge in [-0.15, -0.1) is 0 Å². The molecule has 1 aromatic heterocycles. The van der Waals surface area contributed by atoms with Gasteiger partial charge in [0.05, 0.1) is 19.3 Å². The van der Waals surface area contributed by atoms with Crippen molar-refractivity contribution in [1.82, 2.24) is 0 Å². The third-order valence-electron chi connectivity index (χ3n) is 9.01. The Morgan fingerprint density at radius 2 is 1.44 bits per heavy atom. The van der Waals surface area contributed by atoms with Crippen molar-refractivity contribution in [1.29, 1.82) is 0 Å². The molecule has 2 aromatic carbocycles. The van der Waals surface area contributed by atoms with E-state index in [1.165, 1.54) is 13.0 Å². The fourth-order valence-electron chi connectivity index (χ4n) is 6.04. The number of benzene rings is 2. The lowest BCUT2D eigenvalue weighted by atomic mass is 9.98. The molecule has 6 rings (SSSR count). The summed E-state index contributed by atoms with van der Waals surface area (Å²) in [5.41, 5.74) is -1.45. The third-order valence-corrected chi connectivity index (χ3v) is 9.01. The van der Waals surface area contributed by atoms with Gasteiger partial charge in [-0.2, -0.15) is 0 Å². The summed E-state index contributed by atoms with van der Waals surface area (Å²) in [5, 5.41) is 124. The molecule has 20 nitrogen and oxygen atoms in total. The molecule has 0 amide bonds. The lowest BCUT2D eigenvalue weighted by molar-refractivity contribution is -0.351. The number of phenols is 4. The fraction of sp³-hybridized carbons (Fsp3) is 0.531. The van der Waals surface area contributed by atoms with Crippen LogP contribution >= 0.6 is 0 Å². The second-order valence-electron chi connectivity index (χ2n) is 12.6. The van der Waals surface area contributed by atoms with Crippen molar-refractivity contribution in [3.63, 3.8) is 0 Å². The molecule has 3 saturated heterocycles. The third kappa shape index (κ3) is 7.09. The SMILES string of the molecule is C[C@@H]1O[C@@H](OC[C@H]2O[C@@H](Oc3c(-c4ccc(O)c(O)c4)oc4cc(O)cc(O)c4c3=O)[C@H](O)[C@@H](O)[C@@H]2O)[C@H](O)[C@H](O[C@@H]2OC[C@@H](O)[C@H](O)[C@H]2O)[C@H]1O. The molecular formula is C32H38O20. The molecule has 286 valence electrons. The second-order valence-corrected chi connectivity index (χ2v) is 12.6. The summed E-state index contributed by atoms with van der Waals surface area (Å²) in [4.78, 5) is 13.7. The zero-order valence-corrected chi connectivity index (χ0v) is 27.0. The zero-order chi connectivity index (χ0) is 37.8. The van der Waals surface area contributed by atoms with Gasteiger partial charge in [0.2, 0.25) is 17.5 Å². The first-order valence-corrected chi connectivity index (χ1v) is 15.9. The molecule has 20 heteroatoms. The molecule has 14 atom stereocenters. The van der Waals surface area contributed by atoms with E-state index in [1.807, 2.05) is 0 Å². The first-order valence-electron chi connectivity index (χ1n) is 15.9. The van der Waals surface area contributed by atoms with Crippen molar-refractivity contribution in [2.24, 2.45) is 0 Å². The van der Waals surface area contributed by atoms with E-state index in [9.17, 15) is 66.1 Å². The van der Waals surface area contributed by atoms with Crippen LogP contribution in [0.3, 0.4) is 0 Å². The predicted octanol–water partition coefficient (Wildman–Crippen LogP) is -3.22.